The van der Waals surface area contributed by atoms with Crippen molar-refractivity contribution in [1.29, 1.82) is 0 Å². The van der Waals surface area contributed by atoms with E-state index in [-0.39, 0.29) is 17.6 Å². The molecule has 5 heteroatoms. The van der Waals surface area contributed by atoms with Crippen LogP contribution >= 0.6 is 23.2 Å². The average molecular weight is 364 g/mol. The van der Waals surface area contributed by atoms with E-state index < -0.39 is 0 Å². The van der Waals surface area contributed by atoms with Gasteiger partial charge in [-0.1, -0.05) is 41.9 Å². The Hall–Kier alpha value is -1.55. The molecule has 3 rings (SSSR count). The summed E-state index contributed by atoms with van der Waals surface area (Å²) in [5.74, 6) is -0.258. The van der Waals surface area contributed by atoms with Crippen molar-refractivity contribution in [3.8, 4) is 0 Å². The van der Waals surface area contributed by atoms with Gasteiger partial charge in [0.05, 0.1) is 5.56 Å². The zero-order chi connectivity index (χ0) is 16.9. The van der Waals surface area contributed by atoms with Gasteiger partial charge in [-0.3, -0.25) is 4.90 Å². The van der Waals surface area contributed by atoms with Crippen molar-refractivity contribution >= 4 is 29.2 Å². The Morgan fingerprint density at radius 3 is 2.46 bits per heavy atom. The quantitative estimate of drug-likeness (QED) is 0.439. The molecule has 0 N–H and O–H groups in total. The highest BCUT2D eigenvalue weighted by molar-refractivity contribution is 6.30. The van der Waals surface area contributed by atoms with Crippen LogP contribution in [-0.4, -0.2) is 30.1 Å². The lowest BCUT2D eigenvalue weighted by Crippen LogP contribution is -2.38. The molecule has 0 bridgehead atoms. The second-order valence-corrected chi connectivity index (χ2v) is 6.75. The van der Waals surface area contributed by atoms with Crippen molar-refractivity contribution in [3.05, 3.63) is 70.7 Å². The topological polar surface area (TPSA) is 29.5 Å². The van der Waals surface area contributed by atoms with Crippen LogP contribution in [0.2, 0.25) is 5.02 Å². The second-order valence-electron chi connectivity index (χ2n) is 5.90. The van der Waals surface area contributed by atoms with E-state index in [9.17, 15) is 4.79 Å². The van der Waals surface area contributed by atoms with Crippen LogP contribution in [0.4, 0.5) is 0 Å². The van der Waals surface area contributed by atoms with Gasteiger partial charge in [0.2, 0.25) is 0 Å². The van der Waals surface area contributed by atoms with Crippen LogP contribution in [0.5, 0.6) is 0 Å². The molecule has 1 unspecified atom stereocenters. The molecule has 2 aromatic rings. The molecular weight excluding hydrogens is 345 g/mol. The van der Waals surface area contributed by atoms with Crippen LogP contribution in [0.3, 0.4) is 0 Å². The Balaban J connectivity index is 1.53. The number of esters is 1. The molecule has 126 valence electrons. The summed E-state index contributed by atoms with van der Waals surface area (Å²) >= 11 is 12.6. The van der Waals surface area contributed by atoms with Gasteiger partial charge in [-0.05, 0) is 42.7 Å². The molecule has 3 nitrogen and oxygen atoms in total. The molecule has 0 aromatic heterocycles. The number of rotatable bonds is 4. The van der Waals surface area contributed by atoms with Gasteiger partial charge in [0, 0.05) is 18.1 Å². The highest BCUT2D eigenvalue weighted by Crippen LogP contribution is 2.30. The third-order valence-corrected chi connectivity index (χ3v) is 4.97. The van der Waals surface area contributed by atoms with Gasteiger partial charge in [0.25, 0.3) is 0 Å². The number of hydrogen-bond acceptors (Lipinski definition) is 3. The molecule has 24 heavy (non-hydrogen) atoms. The third-order valence-electron chi connectivity index (χ3n) is 4.20. The van der Waals surface area contributed by atoms with Crippen molar-refractivity contribution in [2.75, 3.05) is 13.1 Å². The van der Waals surface area contributed by atoms with E-state index in [2.05, 4.69) is 4.90 Å². The Morgan fingerprint density at radius 2 is 1.79 bits per heavy atom. The number of piperidine rings is 1. The summed E-state index contributed by atoms with van der Waals surface area (Å²) in [6, 6.07) is 16.7. The van der Waals surface area contributed by atoms with Gasteiger partial charge >= 0.3 is 5.97 Å². The van der Waals surface area contributed by atoms with E-state index >= 15 is 0 Å². The van der Waals surface area contributed by atoms with Gasteiger partial charge in [-0.2, -0.15) is 0 Å². The van der Waals surface area contributed by atoms with Crippen LogP contribution in [0, 0.1) is 0 Å². The van der Waals surface area contributed by atoms with Gasteiger partial charge < -0.3 is 4.74 Å². The summed E-state index contributed by atoms with van der Waals surface area (Å²) in [7, 11) is 0. The van der Waals surface area contributed by atoms with Crippen LogP contribution in [0.15, 0.2) is 54.6 Å². The summed E-state index contributed by atoms with van der Waals surface area (Å²) in [6.07, 6.45) is 1.50. The number of carbonyl (C=O) groups excluding carboxylic acids is 1. The maximum Gasteiger partial charge on any atom is 0.338 e. The number of halogens is 2. The van der Waals surface area contributed by atoms with E-state index in [4.69, 9.17) is 27.9 Å². The highest BCUT2D eigenvalue weighted by Gasteiger charge is 2.27. The number of benzene rings is 2. The Kier molecular flexibility index (Phi) is 5.77. The van der Waals surface area contributed by atoms with E-state index in [0.717, 1.165) is 31.5 Å². The maximum absolute atomic E-state index is 12.1. The number of likely N-dealkylation sites (tertiary alicyclic amines) is 1. The van der Waals surface area contributed by atoms with Crippen molar-refractivity contribution in [1.82, 2.24) is 4.90 Å². The van der Waals surface area contributed by atoms with Crippen LogP contribution < -0.4 is 0 Å². The summed E-state index contributed by atoms with van der Waals surface area (Å²) in [6.45, 7) is 1.57. The Morgan fingerprint density at radius 1 is 1.08 bits per heavy atom. The molecule has 1 aliphatic heterocycles. The minimum absolute atomic E-state index is 0.0582. The third kappa shape index (κ3) is 4.29. The summed E-state index contributed by atoms with van der Waals surface area (Å²) in [5.41, 5.74) is 1.37. The van der Waals surface area contributed by atoms with Crippen molar-refractivity contribution in [3.63, 3.8) is 0 Å². The Bertz CT molecular complexity index is 685. The lowest BCUT2D eigenvalue weighted by Gasteiger charge is -2.34. The zero-order valence-corrected chi connectivity index (χ0v) is 14.7. The van der Waals surface area contributed by atoms with Crippen molar-refractivity contribution < 1.29 is 9.53 Å². The average Bonchev–Trinajstić information content (AvgIpc) is 2.62. The number of alkyl halides is 1. The van der Waals surface area contributed by atoms with Gasteiger partial charge in [-0.25, -0.2) is 4.79 Å². The number of carbonyl (C=O) groups is 1. The predicted molar refractivity (Wildman–Crippen MR) is 96.5 cm³/mol. The zero-order valence-electron chi connectivity index (χ0n) is 13.2. The first-order chi connectivity index (χ1) is 11.6. The van der Waals surface area contributed by atoms with E-state index in [1.807, 2.05) is 42.5 Å². The fourth-order valence-electron chi connectivity index (χ4n) is 2.88. The largest absolute Gasteiger partial charge is 0.459 e. The van der Waals surface area contributed by atoms with Crippen LogP contribution in [-0.2, 0) is 4.74 Å². The number of ether oxygens (including phenoxy) is 1. The maximum atomic E-state index is 12.1. The number of nitrogens with zero attached hydrogens (tertiary/aromatic N) is 1. The molecule has 0 amide bonds. The minimum Gasteiger partial charge on any atom is -0.459 e. The predicted octanol–water partition coefficient (Wildman–Crippen LogP) is 4.90. The first kappa shape index (κ1) is 17.3. The SMILES string of the molecule is O=C(OC1CCN(C(Cl)c2cccc(Cl)c2)CC1)c1ccccc1. The molecule has 0 radical (unpaired) electrons. The van der Waals surface area contributed by atoms with Crippen molar-refractivity contribution in [2.45, 2.75) is 24.4 Å². The lowest BCUT2D eigenvalue weighted by atomic mass is 10.1. The molecule has 1 saturated heterocycles. The Labute approximate surface area is 152 Å². The molecule has 2 aromatic carbocycles. The first-order valence-electron chi connectivity index (χ1n) is 8.03. The van der Waals surface area contributed by atoms with Gasteiger partial charge in [0.1, 0.15) is 11.6 Å². The molecular formula is C19H19Cl2NO2. The molecule has 0 spiro atoms. The van der Waals surface area contributed by atoms with E-state index in [1.165, 1.54) is 0 Å². The molecule has 1 fully saturated rings. The molecule has 1 atom stereocenters. The normalized spacial score (nSPS) is 17.4. The van der Waals surface area contributed by atoms with Gasteiger partial charge in [-0.15, -0.1) is 11.6 Å². The van der Waals surface area contributed by atoms with Gasteiger partial charge in [0.15, 0.2) is 0 Å². The monoisotopic (exact) mass is 363 g/mol. The van der Waals surface area contributed by atoms with E-state index in [0.29, 0.717) is 10.6 Å². The van der Waals surface area contributed by atoms with Crippen LogP contribution in [0.25, 0.3) is 0 Å². The molecule has 1 heterocycles. The molecule has 0 aliphatic carbocycles. The number of hydrogen-bond donors (Lipinski definition) is 0. The molecule has 0 saturated carbocycles. The van der Waals surface area contributed by atoms with Crippen LogP contribution in [0.1, 0.15) is 34.3 Å². The smallest absolute Gasteiger partial charge is 0.338 e. The summed E-state index contributed by atoms with van der Waals surface area (Å²) in [4.78, 5) is 14.3. The summed E-state index contributed by atoms with van der Waals surface area (Å²) < 4.78 is 5.60. The second kappa shape index (κ2) is 8.02. The minimum atomic E-state index is -0.258. The highest BCUT2D eigenvalue weighted by atomic mass is 35.5. The van der Waals surface area contributed by atoms with Crippen molar-refractivity contribution in [2.24, 2.45) is 0 Å². The lowest BCUT2D eigenvalue weighted by molar-refractivity contribution is 0.00969. The first-order valence-corrected chi connectivity index (χ1v) is 8.84. The van der Waals surface area contributed by atoms with E-state index in [1.54, 1.807) is 12.1 Å². The standard InChI is InChI=1S/C19H19Cl2NO2/c20-16-8-4-7-15(13-16)18(21)22-11-9-17(10-12-22)24-19(23)14-5-2-1-3-6-14/h1-8,13,17-18H,9-12H2. The fraction of sp³-hybridized carbons (Fsp3) is 0.316. The summed E-state index contributed by atoms with van der Waals surface area (Å²) in [5, 5.41) is 0.685. The fourth-order valence-corrected chi connectivity index (χ4v) is 3.41. The molecule has 1 aliphatic rings.